The normalized spacial score (nSPS) is 18.0. The smallest absolute Gasteiger partial charge is 0.162 e. The summed E-state index contributed by atoms with van der Waals surface area (Å²) in [5.41, 5.74) is 10.2. The zero-order valence-corrected chi connectivity index (χ0v) is 16.2. The Morgan fingerprint density at radius 1 is 1.15 bits per heavy atom. The van der Waals surface area contributed by atoms with Gasteiger partial charge >= 0.3 is 0 Å². The summed E-state index contributed by atoms with van der Waals surface area (Å²) in [4.78, 5) is 12.6. The number of ketones is 1. The number of Topliss-reactive ketones (excluding diaryl/α,β-unsaturated/α-hetero) is 1. The van der Waals surface area contributed by atoms with Crippen molar-refractivity contribution >= 4 is 5.78 Å². The Morgan fingerprint density at radius 3 is 2.44 bits per heavy atom. The van der Waals surface area contributed by atoms with Gasteiger partial charge in [-0.3, -0.25) is 4.79 Å². The number of carbonyl (C=O) groups excluding carboxylic acids is 1. The molecule has 0 aromatic heterocycles. The summed E-state index contributed by atoms with van der Waals surface area (Å²) in [6, 6.07) is 10.2. The van der Waals surface area contributed by atoms with Crippen LogP contribution in [0.5, 0.6) is 0 Å². The molecule has 2 fully saturated rings. The van der Waals surface area contributed by atoms with Gasteiger partial charge in [0.25, 0.3) is 0 Å². The zero-order chi connectivity index (χ0) is 19.1. The van der Waals surface area contributed by atoms with E-state index in [2.05, 4.69) is 43.0 Å². The molecule has 0 saturated heterocycles. The minimum atomic E-state index is 0.287. The van der Waals surface area contributed by atoms with Crippen molar-refractivity contribution < 1.29 is 4.79 Å². The first kappa shape index (κ1) is 19.2. The van der Waals surface area contributed by atoms with Crippen LogP contribution in [0.15, 0.2) is 65.4 Å². The molecule has 2 heteroatoms. The van der Waals surface area contributed by atoms with Crippen LogP contribution in [0.2, 0.25) is 0 Å². The molecule has 0 spiro atoms. The molecule has 0 atom stereocenters. The van der Waals surface area contributed by atoms with Gasteiger partial charge in [0.05, 0.1) is 0 Å². The van der Waals surface area contributed by atoms with Crippen LogP contribution in [0, 0.1) is 23.7 Å². The van der Waals surface area contributed by atoms with Crippen molar-refractivity contribution in [1.29, 1.82) is 0 Å². The number of hydrogen-bond acceptors (Lipinski definition) is 2. The van der Waals surface area contributed by atoms with Crippen LogP contribution < -0.4 is 5.73 Å². The minimum absolute atomic E-state index is 0.287. The molecule has 0 amide bonds. The monoisotopic (exact) mass is 359 g/mol. The number of hydrogen-bond donors (Lipinski definition) is 1. The Morgan fingerprint density at radius 2 is 1.85 bits per heavy atom. The maximum absolute atomic E-state index is 12.6. The highest BCUT2D eigenvalue weighted by molar-refractivity contribution is 5.99. The van der Waals surface area contributed by atoms with Crippen molar-refractivity contribution in [2.24, 2.45) is 17.6 Å². The molecule has 2 saturated carbocycles. The van der Waals surface area contributed by atoms with Crippen molar-refractivity contribution in [2.75, 3.05) is 0 Å². The highest BCUT2D eigenvalue weighted by Gasteiger charge is 2.38. The lowest BCUT2D eigenvalue weighted by Crippen LogP contribution is -2.07. The first-order valence-electron chi connectivity index (χ1n) is 10.1. The first-order valence-corrected chi connectivity index (χ1v) is 10.1. The molecule has 0 unspecified atom stereocenters. The second kappa shape index (κ2) is 9.42. The molecule has 0 heterocycles. The van der Waals surface area contributed by atoms with Crippen LogP contribution >= 0.6 is 0 Å². The second-order valence-electron chi connectivity index (χ2n) is 7.53. The number of benzene rings is 1. The fourth-order valence-electron chi connectivity index (χ4n) is 3.23. The van der Waals surface area contributed by atoms with Crippen molar-refractivity contribution in [3.05, 3.63) is 71.0 Å². The summed E-state index contributed by atoms with van der Waals surface area (Å²) in [7, 11) is 0. The van der Waals surface area contributed by atoms with E-state index in [9.17, 15) is 4.79 Å². The lowest BCUT2D eigenvalue weighted by molar-refractivity contribution is -0.116. The maximum atomic E-state index is 12.6. The Hall–Kier alpha value is -2.53. The fourth-order valence-corrected chi connectivity index (χ4v) is 3.23. The first-order chi connectivity index (χ1) is 13.2. The highest BCUT2D eigenvalue weighted by Crippen LogP contribution is 2.43. The molecule has 3 rings (SSSR count). The van der Waals surface area contributed by atoms with Gasteiger partial charge in [-0.05, 0) is 54.7 Å². The van der Waals surface area contributed by atoms with Crippen LogP contribution in [-0.4, -0.2) is 5.78 Å². The number of rotatable bonds is 8. The quantitative estimate of drug-likeness (QED) is 0.398. The number of allylic oxidation sites excluding steroid dienone is 5. The molecule has 1 aromatic rings. The van der Waals surface area contributed by atoms with Crippen LogP contribution in [0.1, 0.15) is 51.0 Å². The minimum Gasteiger partial charge on any atom is -0.404 e. The highest BCUT2D eigenvalue weighted by atomic mass is 16.1. The van der Waals surface area contributed by atoms with Crippen molar-refractivity contribution in [2.45, 2.75) is 51.9 Å². The molecular weight excluding hydrogens is 330 g/mol. The molecule has 27 heavy (non-hydrogen) atoms. The second-order valence-corrected chi connectivity index (χ2v) is 7.53. The van der Waals surface area contributed by atoms with E-state index in [0.29, 0.717) is 24.5 Å². The van der Waals surface area contributed by atoms with Crippen molar-refractivity contribution in [3.8, 4) is 11.8 Å². The largest absolute Gasteiger partial charge is 0.404 e. The summed E-state index contributed by atoms with van der Waals surface area (Å²) >= 11 is 0. The third-order valence-electron chi connectivity index (χ3n) is 5.04. The molecule has 0 radical (unpaired) electrons. The Bertz CT molecular complexity index is 809. The Kier molecular flexibility index (Phi) is 6.71. The lowest BCUT2D eigenvalue weighted by atomic mass is 9.96. The summed E-state index contributed by atoms with van der Waals surface area (Å²) in [5, 5.41) is 0. The predicted molar refractivity (Wildman–Crippen MR) is 112 cm³/mol. The summed E-state index contributed by atoms with van der Waals surface area (Å²) < 4.78 is 0. The summed E-state index contributed by atoms with van der Waals surface area (Å²) in [5.74, 6) is 7.60. The topological polar surface area (TPSA) is 43.1 Å². The standard InChI is InChI=1S/C25H29NO/c1-2-7-20(17-24(22-12-13-22)25(27)23-14-15-23)16-21(18-26)11-6-10-19-8-4-3-5-9-19/h3-5,7-9,17-18,22-23H,2,10,12-16,26H2,1H3/b20-7+,21-18+,24-17+. The number of nitrogens with two attached hydrogens (primary N) is 1. The van der Waals surface area contributed by atoms with E-state index >= 15 is 0 Å². The van der Waals surface area contributed by atoms with Gasteiger partial charge in [0.15, 0.2) is 5.78 Å². The van der Waals surface area contributed by atoms with E-state index in [0.717, 1.165) is 43.3 Å². The third kappa shape index (κ3) is 6.00. The lowest BCUT2D eigenvalue weighted by Gasteiger charge is -2.08. The Labute approximate surface area is 163 Å². The van der Waals surface area contributed by atoms with Crippen LogP contribution in [0.4, 0.5) is 0 Å². The van der Waals surface area contributed by atoms with E-state index in [4.69, 9.17) is 5.73 Å². The third-order valence-corrected chi connectivity index (χ3v) is 5.04. The molecule has 0 aliphatic heterocycles. The van der Waals surface area contributed by atoms with Gasteiger partial charge in [-0.15, -0.1) is 0 Å². The van der Waals surface area contributed by atoms with Gasteiger partial charge in [0.2, 0.25) is 0 Å². The molecule has 1 aromatic carbocycles. The van der Waals surface area contributed by atoms with E-state index < -0.39 is 0 Å². The zero-order valence-electron chi connectivity index (χ0n) is 16.2. The van der Waals surface area contributed by atoms with Crippen molar-refractivity contribution in [1.82, 2.24) is 0 Å². The van der Waals surface area contributed by atoms with Gasteiger partial charge in [-0.25, -0.2) is 0 Å². The maximum Gasteiger partial charge on any atom is 0.162 e. The van der Waals surface area contributed by atoms with Gasteiger partial charge < -0.3 is 5.73 Å². The van der Waals surface area contributed by atoms with Crippen LogP contribution in [0.3, 0.4) is 0 Å². The van der Waals surface area contributed by atoms with E-state index in [1.165, 1.54) is 11.1 Å². The molecular formula is C25H29NO. The fraction of sp³-hybridized carbons (Fsp3) is 0.400. The van der Waals surface area contributed by atoms with Crippen LogP contribution in [0.25, 0.3) is 0 Å². The molecule has 2 aliphatic carbocycles. The molecule has 2 N–H and O–H groups in total. The van der Waals surface area contributed by atoms with E-state index in [-0.39, 0.29) is 5.92 Å². The molecule has 2 aliphatic rings. The summed E-state index contributed by atoms with van der Waals surface area (Å²) in [6.45, 7) is 2.13. The van der Waals surface area contributed by atoms with Gasteiger partial charge in [-0.1, -0.05) is 61.2 Å². The predicted octanol–water partition coefficient (Wildman–Crippen LogP) is 5.12. The molecule has 140 valence electrons. The van der Waals surface area contributed by atoms with Gasteiger partial charge in [0, 0.05) is 30.5 Å². The van der Waals surface area contributed by atoms with Crippen LogP contribution in [-0.2, 0) is 11.2 Å². The molecule has 2 nitrogen and oxygen atoms in total. The van der Waals surface area contributed by atoms with Gasteiger partial charge in [0.1, 0.15) is 0 Å². The Balaban J connectivity index is 1.70. The molecule has 0 bridgehead atoms. The summed E-state index contributed by atoms with van der Waals surface area (Å²) in [6.07, 6.45) is 12.7. The number of carbonyl (C=O) groups is 1. The van der Waals surface area contributed by atoms with Crippen molar-refractivity contribution in [3.63, 3.8) is 0 Å². The SMILES string of the molecule is CC/C=C(/C=C(/C(=O)C1CC1)C1CC1)C/C(C#CCc1ccccc1)=C/N. The van der Waals surface area contributed by atoms with Gasteiger partial charge in [-0.2, -0.15) is 0 Å². The van der Waals surface area contributed by atoms with E-state index in [1.807, 2.05) is 18.2 Å². The average molecular weight is 360 g/mol. The average Bonchev–Trinajstić information content (AvgIpc) is 3.58. The van der Waals surface area contributed by atoms with E-state index in [1.54, 1.807) is 6.20 Å².